The number of carboxylic acids is 1. The zero-order chi connectivity index (χ0) is 19.7. The van der Waals surface area contributed by atoms with E-state index in [9.17, 15) is 14.7 Å². The maximum absolute atomic E-state index is 13.2. The van der Waals surface area contributed by atoms with Gasteiger partial charge in [-0.25, -0.2) is 0 Å². The topological polar surface area (TPSA) is 71.8 Å². The summed E-state index contributed by atoms with van der Waals surface area (Å²) in [7, 11) is 5.43. The lowest BCUT2D eigenvalue weighted by Gasteiger charge is -2.13. The monoisotopic (exact) mass is 366 g/mol. The van der Waals surface area contributed by atoms with Gasteiger partial charge in [0.15, 0.2) is 0 Å². The molecule has 0 spiro atoms. The molecule has 140 valence electrons. The van der Waals surface area contributed by atoms with Crippen LogP contribution in [0, 0.1) is 6.92 Å². The van der Waals surface area contributed by atoms with Crippen LogP contribution in [0.25, 0.3) is 10.9 Å². The van der Waals surface area contributed by atoms with Crippen LogP contribution in [-0.2, 0) is 11.2 Å². The Kier molecular flexibility index (Phi) is 4.90. The Morgan fingerprint density at radius 1 is 1.11 bits per heavy atom. The molecule has 1 N–H and O–H groups in total. The zero-order valence-electron chi connectivity index (χ0n) is 15.8. The number of carbonyl (C=O) groups is 2. The Labute approximate surface area is 157 Å². The summed E-state index contributed by atoms with van der Waals surface area (Å²) in [6.07, 6.45) is -0.157. The van der Waals surface area contributed by atoms with Crippen molar-refractivity contribution in [3.05, 3.63) is 59.3 Å². The van der Waals surface area contributed by atoms with Crippen LogP contribution in [0.15, 0.2) is 42.5 Å². The Hall–Kier alpha value is -3.28. The van der Waals surface area contributed by atoms with E-state index in [0.29, 0.717) is 33.5 Å². The van der Waals surface area contributed by atoms with Gasteiger partial charge >= 0.3 is 5.97 Å². The summed E-state index contributed by atoms with van der Waals surface area (Å²) in [5.41, 5.74) is 3.46. The second kappa shape index (κ2) is 7.15. The number of hydrogen-bond acceptors (Lipinski definition) is 4. The van der Waals surface area contributed by atoms with E-state index >= 15 is 0 Å². The van der Waals surface area contributed by atoms with Crippen molar-refractivity contribution in [2.75, 3.05) is 26.1 Å². The number of benzene rings is 2. The van der Waals surface area contributed by atoms with Crippen LogP contribution in [-0.4, -0.2) is 42.8 Å². The first-order valence-electron chi connectivity index (χ1n) is 8.55. The molecule has 0 aliphatic carbocycles. The second-order valence-corrected chi connectivity index (χ2v) is 6.60. The molecule has 0 saturated carbocycles. The first-order chi connectivity index (χ1) is 12.8. The van der Waals surface area contributed by atoms with E-state index in [4.69, 9.17) is 4.74 Å². The number of carboxylic acid groups (broad SMARTS) is 1. The van der Waals surface area contributed by atoms with Gasteiger partial charge in [-0.2, -0.15) is 0 Å². The molecular formula is C21H22N2O4. The summed E-state index contributed by atoms with van der Waals surface area (Å²) in [6.45, 7) is 1.77. The highest BCUT2D eigenvalue weighted by atomic mass is 16.5. The number of methoxy groups -OCH3 is 1. The van der Waals surface area contributed by atoms with E-state index in [2.05, 4.69) is 0 Å². The summed E-state index contributed by atoms with van der Waals surface area (Å²) in [6, 6.07) is 12.7. The Morgan fingerprint density at radius 3 is 2.33 bits per heavy atom. The lowest BCUT2D eigenvalue weighted by atomic mass is 10.1. The summed E-state index contributed by atoms with van der Waals surface area (Å²) in [4.78, 5) is 26.5. The third-order valence-corrected chi connectivity index (χ3v) is 4.70. The predicted octanol–water partition coefficient (Wildman–Crippen LogP) is 3.34. The Balaban J connectivity index is 2.16. The molecule has 0 unspecified atom stereocenters. The Bertz CT molecular complexity index is 1020. The van der Waals surface area contributed by atoms with Gasteiger partial charge in [0, 0.05) is 36.4 Å². The first kappa shape index (κ1) is 18.5. The van der Waals surface area contributed by atoms with Crippen molar-refractivity contribution in [3.63, 3.8) is 0 Å². The summed E-state index contributed by atoms with van der Waals surface area (Å²) >= 11 is 0. The van der Waals surface area contributed by atoms with Crippen molar-refractivity contribution in [1.29, 1.82) is 0 Å². The van der Waals surface area contributed by atoms with Crippen LogP contribution in [0.4, 0.5) is 5.69 Å². The number of anilines is 1. The van der Waals surface area contributed by atoms with Crippen molar-refractivity contribution >= 4 is 28.5 Å². The van der Waals surface area contributed by atoms with Crippen LogP contribution >= 0.6 is 0 Å². The standard InChI is InChI=1S/C21H22N2O4/c1-13-17(12-20(24)25)18-11-16(27-4)9-10-19(18)23(13)21(26)14-5-7-15(8-6-14)22(2)3/h5-11H,12H2,1-4H3,(H,24,25). The molecule has 0 saturated heterocycles. The van der Waals surface area contributed by atoms with Crippen LogP contribution in [0.3, 0.4) is 0 Å². The van der Waals surface area contributed by atoms with Gasteiger partial charge in [-0.3, -0.25) is 14.2 Å². The number of aromatic nitrogens is 1. The SMILES string of the molecule is COc1ccc2c(c1)c(CC(=O)O)c(C)n2C(=O)c1ccc(N(C)C)cc1. The van der Waals surface area contributed by atoms with Gasteiger partial charge in [0.1, 0.15) is 5.75 Å². The van der Waals surface area contributed by atoms with E-state index < -0.39 is 5.97 Å². The largest absolute Gasteiger partial charge is 0.497 e. The van der Waals surface area contributed by atoms with Crippen molar-refractivity contribution in [1.82, 2.24) is 4.57 Å². The van der Waals surface area contributed by atoms with Gasteiger partial charge in [-0.05, 0) is 55.0 Å². The third-order valence-electron chi connectivity index (χ3n) is 4.70. The highest BCUT2D eigenvalue weighted by Crippen LogP contribution is 2.30. The predicted molar refractivity (Wildman–Crippen MR) is 105 cm³/mol. The molecule has 0 aliphatic heterocycles. The van der Waals surface area contributed by atoms with E-state index in [1.165, 1.54) is 0 Å². The minimum Gasteiger partial charge on any atom is -0.497 e. The van der Waals surface area contributed by atoms with Gasteiger partial charge in [0.2, 0.25) is 0 Å². The highest BCUT2D eigenvalue weighted by Gasteiger charge is 2.21. The maximum Gasteiger partial charge on any atom is 0.307 e. The average molecular weight is 366 g/mol. The molecule has 0 radical (unpaired) electrons. The second-order valence-electron chi connectivity index (χ2n) is 6.60. The number of ether oxygens (including phenoxy) is 1. The van der Waals surface area contributed by atoms with Gasteiger partial charge in [-0.15, -0.1) is 0 Å². The molecule has 0 bridgehead atoms. The minimum atomic E-state index is -0.942. The molecule has 1 heterocycles. The van der Waals surface area contributed by atoms with Crippen LogP contribution in [0.1, 0.15) is 21.6 Å². The molecule has 3 rings (SSSR count). The fourth-order valence-electron chi connectivity index (χ4n) is 3.26. The van der Waals surface area contributed by atoms with E-state index in [1.807, 2.05) is 31.1 Å². The van der Waals surface area contributed by atoms with E-state index in [1.54, 1.807) is 48.9 Å². The molecule has 0 aliphatic rings. The van der Waals surface area contributed by atoms with Crippen LogP contribution in [0.2, 0.25) is 0 Å². The van der Waals surface area contributed by atoms with Crippen molar-refractivity contribution in [3.8, 4) is 5.75 Å². The number of hydrogen-bond donors (Lipinski definition) is 1. The molecule has 3 aromatic rings. The molecule has 0 fully saturated rings. The molecule has 6 heteroatoms. The molecule has 27 heavy (non-hydrogen) atoms. The average Bonchev–Trinajstić information content (AvgIpc) is 2.92. The number of carbonyl (C=O) groups excluding carboxylic acids is 1. The fourth-order valence-corrected chi connectivity index (χ4v) is 3.26. The minimum absolute atomic E-state index is 0.157. The molecule has 6 nitrogen and oxygen atoms in total. The number of fused-ring (bicyclic) bond motifs is 1. The highest BCUT2D eigenvalue weighted by molar-refractivity contribution is 6.05. The number of aliphatic carboxylic acids is 1. The van der Waals surface area contributed by atoms with Gasteiger partial charge < -0.3 is 14.7 Å². The summed E-state index contributed by atoms with van der Waals surface area (Å²) < 4.78 is 6.85. The van der Waals surface area contributed by atoms with E-state index in [-0.39, 0.29) is 12.3 Å². The molecule has 2 aromatic carbocycles. The van der Waals surface area contributed by atoms with Crippen molar-refractivity contribution in [2.24, 2.45) is 0 Å². The quantitative estimate of drug-likeness (QED) is 0.750. The van der Waals surface area contributed by atoms with Crippen LogP contribution < -0.4 is 9.64 Å². The van der Waals surface area contributed by atoms with Gasteiger partial charge in [0.05, 0.1) is 19.0 Å². The third kappa shape index (κ3) is 3.38. The maximum atomic E-state index is 13.2. The van der Waals surface area contributed by atoms with E-state index in [0.717, 1.165) is 5.69 Å². The lowest BCUT2D eigenvalue weighted by molar-refractivity contribution is -0.136. The van der Waals surface area contributed by atoms with Crippen molar-refractivity contribution < 1.29 is 19.4 Å². The lowest BCUT2D eigenvalue weighted by Crippen LogP contribution is -2.15. The molecule has 0 atom stereocenters. The zero-order valence-corrected chi connectivity index (χ0v) is 15.8. The van der Waals surface area contributed by atoms with Gasteiger partial charge in [0.25, 0.3) is 5.91 Å². The number of nitrogens with zero attached hydrogens (tertiary/aromatic N) is 2. The first-order valence-corrected chi connectivity index (χ1v) is 8.55. The normalized spacial score (nSPS) is 10.8. The van der Waals surface area contributed by atoms with Crippen LogP contribution in [0.5, 0.6) is 5.75 Å². The number of rotatable bonds is 5. The molecule has 1 aromatic heterocycles. The molecule has 0 amide bonds. The smallest absolute Gasteiger partial charge is 0.307 e. The molecular weight excluding hydrogens is 344 g/mol. The fraction of sp³-hybridized carbons (Fsp3) is 0.238. The summed E-state index contributed by atoms with van der Waals surface area (Å²) in [5.74, 6) is -0.513. The summed E-state index contributed by atoms with van der Waals surface area (Å²) in [5, 5.41) is 10.0. The van der Waals surface area contributed by atoms with Gasteiger partial charge in [-0.1, -0.05) is 0 Å². The Morgan fingerprint density at radius 2 is 1.78 bits per heavy atom. The van der Waals surface area contributed by atoms with Crippen molar-refractivity contribution in [2.45, 2.75) is 13.3 Å².